The first-order valence-corrected chi connectivity index (χ1v) is 9.91. The van der Waals surface area contributed by atoms with E-state index in [0.717, 1.165) is 31.6 Å². The van der Waals surface area contributed by atoms with Crippen molar-refractivity contribution in [1.82, 2.24) is 10.8 Å². The minimum Gasteiger partial charge on any atom is -0.493 e. The zero-order valence-electron chi connectivity index (χ0n) is 17.8. The molecule has 1 aliphatic rings. The molecular formula is C22H27N3O6. The fraction of sp³-hybridized carbons (Fsp3) is 0.364. The molecule has 2 amide bonds. The van der Waals surface area contributed by atoms with Crippen LogP contribution in [-0.2, 0) is 0 Å². The second-order valence-corrected chi connectivity index (χ2v) is 7.14. The van der Waals surface area contributed by atoms with Crippen LogP contribution < -0.4 is 29.9 Å². The van der Waals surface area contributed by atoms with Crippen LogP contribution in [0.2, 0.25) is 0 Å². The Labute approximate surface area is 180 Å². The topological polar surface area (TPSA) is 109 Å². The fourth-order valence-electron chi connectivity index (χ4n) is 3.65. The van der Waals surface area contributed by atoms with E-state index >= 15 is 0 Å². The van der Waals surface area contributed by atoms with Crippen molar-refractivity contribution in [3.8, 4) is 17.2 Å². The highest BCUT2D eigenvalue weighted by Gasteiger charge is 2.23. The van der Waals surface area contributed by atoms with Gasteiger partial charge in [-0.3, -0.25) is 14.8 Å². The summed E-state index contributed by atoms with van der Waals surface area (Å²) in [7, 11) is 4.54. The van der Waals surface area contributed by atoms with E-state index < -0.39 is 5.91 Å². The van der Waals surface area contributed by atoms with Gasteiger partial charge < -0.3 is 24.4 Å². The summed E-state index contributed by atoms with van der Waals surface area (Å²) >= 11 is 0. The Morgan fingerprint density at radius 3 is 1.97 bits per heavy atom. The third-order valence-corrected chi connectivity index (χ3v) is 5.35. The van der Waals surface area contributed by atoms with Crippen molar-refractivity contribution in [2.45, 2.75) is 18.9 Å². The number of benzene rings is 2. The molecule has 1 saturated heterocycles. The van der Waals surface area contributed by atoms with Gasteiger partial charge in [-0.1, -0.05) is 0 Å². The van der Waals surface area contributed by atoms with Crippen LogP contribution in [-0.4, -0.2) is 57.5 Å². The average molecular weight is 429 g/mol. The third-order valence-electron chi connectivity index (χ3n) is 5.35. The smallest absolute Gasteiger partial charge is 0.274 e. The number of hydrogen-bond acceptors (Lipinski definition) is 7. The number of hydrogen-bond donors (Lipinski definition) is 3. The highest BCUT2D eigenvalue weighted by atomic mass is 16.5. The van der Waals surface area contributed by atoms with E-state index in [1.165, 1.54) is 21.3 Å². The summed E-state index contributed by atoms with van der Waals surface area (Å²) in [5.74, 6) is 0.564. The molecule has 0 aliphatic carbocycles. The van der Waals surface area contributed by atoms with E-state index in [1.807, 2.05) is 12.1 Å². The largest absolute Gasteiger partial charge is 0.493 e. The lowest BCUT2D eigenvalue weighted by molar-refractivity contribution is 0.0706. The van der Waals surface area contributed by atoms with Crippen molar-refractivity contribution in [2.75, 3.05) is 39.3 Å². The molecule has 2 aromatic carbocycles. The van der Waals surface area contributed by atoms with E-state index in [4.69, 9.17) is 19.4 Å². The van der Waals surface area contributed by atoms with Gasteiger partial charge in [0.1, 0.15) is 0 Å². The lowest BCUT2D eigenvalue weighted by atomic mass is 10.0. The molecule has 3 N–H and O–H groups in total. The minimum atomic E-state index is -0.542. The van der Waals surface area contributed by atoms with Gasteiger partial charge in [0, 0.05) is 35.9 Å². The normalized spacial score (nSPS) is 14.0. The number of amides is 2. The van der Waals surface area contributed by atoms with Crippen LogP contribution in [0, 0.1) is 0 Å². The summed E-state index contributed by atoms with van der Waals surface area (Å²) in [6.07, 6.45) is 1.57. The molecule has 1 heterocycles. The predicted octanol–water partition coefficient (Wildman–Crippen LogP) is 2.23. The highest BCUT2D eigenvalue weighted by Crippen LogP contribution is 2.38. The molecule has 0 saturated carbocycles. The second kappa shape index (κ2) is 10.0. The Morgan fingerprint density at radius 1 is 0.903 bits per heavy atom. The van der Waals surface area contributed by atoms with E-state index in [2.05, 4.69) is 10.2 Å². The Hall–Kier alpha value is -3.46. The summed E-state index contributed by atoms with van der Waals surface area (Å²) < 4.78 is 15.9. The van der Waals surface area contributed by atoms with Crippen LogP contribution in [0.1, 0.15) is 33.6 Å². The molecule has 0 atom stereocenters. The number of hydroxylamine groups is 1. The quantitative estimate of drug-likeness (QED) is 0.457. The molecule has 9 nitrogen and oxygen atoms in total. The van der Waals surface area contributed by atoms with Crippen LogP contribution in [0.3, 0.4) is 0 Å². The Balaban J connectivity index is 1.61. The van der Waals surface area contributed by atoms with Gasteiger partial charge in [0.15, 0.2) is 11.5 Å². The molecule has 3 rings (SSSR count). The van der Waals surface area contributed by atoms with Gasteiger partial charge in [-0.05, 0) is 49.2 Å². The molecule has 1 aliphatic heterocycles. The number of ether oxygens (including phenoxy) is 3. The molecular weight excluding hydrogens is 402 g/mol. The molecule has 31 heavy (non-hydrogen) atoms. The first kappa shape index (κ1) is 22.2. The number of nitrogens with one attached hydrogen (secondary N) is 2. The molecule has 0 bridgehead atoms. The number of nitrogens with zero attached hydrogens (tertiary/aromatic N) is 1. The number of carbonyl (C=O) groups excluding carboxylic acids is 2. The van der Waals surface area contributed by atoms with Crippen molar-refractivity contribution < 1.29 is 29.0 Å². The maximum absolute atomic E-state index is 12.8. The average Bonchev–Trinajstić information content (AvgIpc) is 2.83. The summed E-state index contributed by atoms with van der Waals surface area (Å²) in [5.41, 5.74) is 3.44. The Morgan fingerprint density at radius 2 is 1.48 bits per heavy atom. The lowest BCUT2D eigenvalue weighted by Gasteiger charge is -2.34. The number of carbonyl (C=O) groups is 2. The van der Waals surface area contributed by atoms with Crippen LogP contribution >= 0.6 is 0 Å². The summed E-state index contributed by atoms with van der Waals surface area (Å²) in [6.45, 7) is 1.54. The van der Waals surface area contributed by atoms with E-state index in [9.17, 15) is 9.59 Å². The number of anilines is 1. The number of piperidine rings is 1. The third kappa shape index (κ3) is 5.00. The molecule has 0 unspecified atom stereocenters. The zero-order chi connectivity index (χ0) is 22.4. The van der Waals surface area contributed by atoms with Crippen molar-refractivity contribution in [1.29, 1.82) is 0 Å². The molecule has 0 spiro atoms. The lowest BCUT2D eigenvalue weighted by Crippen LogP contribution is -2.44. The van der Waals surface area contributed by atoms with E-state index in [1.54, 1.807) is 29.7 Å². The maximum Gasteiger partial charge on any atom is 0.274 e. The number of rotatable bonds is 7. The first-order chi connectivity index (χ1) is 15.0. The molecule has 1 fully saturated rings. The van der Waals surface area contributed by atoms with Crippen LogP contribution in [0.5, 0.6) is 17.2 Å². The fourth-order valence-corrected chi connectivity index (χ4v) is 3.65. The molecule has 0 radical (unpaired) electrons. The summed E-state index contributed by atoms with van der Waals surface area (Å²) in [4.78, 5) is 26.4. The van der Waals surface area contributed by atoms with Gasteiger partial charge in [-0.25, -0.2) is 5.48 Å². The summed E-state index contributed by atoms with van der Waals surface area (Å²) in [6, 6.07) is 10.3. The van der Waals surface area contributed by atoms with Gasteiger partial charge >= 0.3 is 0 Å². The van der Waals surface area contributed by atoms with Gasteiger partial charge in [-0.2, -0.15) is 0 Å². The van der Waals surface area contributed by atoms with Crippen LogP contribution in [0.25, 0.3) is 0 Å². The monoisotopic (exact) mass is 429 g/mol. The van der Waals surface area contributed by atoms with E-state index in [0.29, 0.717) is 28.4 Å². The molecule has 166 valence electrons. The van der Waals surface area contributed by atoms with E-state index in [-0.39, 0.29) is 11.9 Å². The minimum absolute atomic E-state index is 0.0438. The molecule has 0 aromatic heterocycles. The van der Waals surface area contributed by atoms with Gasteiger partial charge in [0.2, 0.25) is 5.75 Å². The van der Waals surface area contributed by atoms with Crippen molar-refractivity contribution in [2.24, 2.45) is 0 Å². The van der Waals surface area contributed by atoms with Gasteiger partial charge in [0.25, 0.3) is 11.8 Å². The maximum atomic E-state index is 12.8. The van der Waals surface area contributed by atoms with Crippen molar-refractivity contribution in [3.05, 3.63) is 47.5 Å². The standard InChI is InChI=1S/C22H27N3O6/c1-29-18-12-15(13-19(30-2)20(18)31-3)21(26)23-16-8-10-25(11-9-16)17-6-4-14(5-7-17)22(27)24-28/h4-7,12-13,16,28H,8-11H2,1-3H3,(H,23,26)(H,24,27). The SMILES string of the molecule is COc1cc(C(=O)NC2CCN(c3ccc(C(=O)NO)cc3)CC2)cc(OC)c1OC. The predicted molar refractivity (Wildman–Crippen MR) is 114 cm³/mol. The van der Waals surface area contributed by atoms with Gasteiger partial charge in [-0.15, -0.1) is 0 Å². The molecule has 2 aromatic rings. The first-order valence-electron chi connectivity index (χ1n) is 9.91. The Kier molecular flexibility index (Phi) is 7.19. The highest BCUT2D eigenvalue weighted by molar-refractivity contribution is 5.96. The van der Waals surface area contributed by atoms with Crippen molar-refractivity contribution in [3.63, 3.8) is 0 Å². The van der Waals surface area contributed by atoms with Crippen molar-refractivity contribution >= 4 is 17.5 Å². The number of methoxy groups -OCH3 is 3. The van der Waals surface area contributed by atoms with Gasteiger partial charge in [0.05, 0.1) is 21.3 Å². The molecule has 9 heteroatoms. The Bertz CT molecular complexity index is 898. The zero-order valence-corrected chi connectivity index (χ0v) is 17.8. The van der Waals surface area contributed by atoms with Crippen LogP contribution in [0.15, 0.2) is 36.4 Å². The second-order valence-electron chi connectivity index (χ2n) is 7.14. The summed E-state index contributed by atoms with van der Waals surface area (Å²) in [5, 5.41) is 11.8. The van der Waals surface area contributed by atoms with Crippen LogP contribution in [0.4, 0.5) is 5.69 Å².